The Morgan fingerprint density at radius 2 is 1.96 bits per heavy atom. The SMILES string of the molecule is COC(=O)COc1nc(C)c(Cc2ccc(F)cc2)n2cc(C)cc12. The molecule has 0 spiro atoms. The summed E-state index contributed by atoms with van der Waals surface area (Å²) in [5.41, 5.74) is 4.59. The van der Waals surface area contributed by atoms with Gasteiger partial charge in [-0.3, -0.25) is 0 Å². The van der Waals surface area contributed by atoms with Gasteiger partial charge in [0.25, 0.3) is 0 Å². The van der Waals surface area contributed by atoms with Crippen LogP contribution in [-0.4, -0.2) is 29.1 Å². The maximum Gasteiger partial charge on any atom is 0.343 e. The third kappa shape index (κ3) is 3.63. The van der Waals surface area contributed by atoms with Gasteiger partial charge >= 0.3 is 5.97 Å². The molecule has 0 N–H and O–H groups in total. The van der Waals surface area contributed by atoms with E-state index in [0.29, 0.717) is 12.3 Å². The number of carbonyl (C=O) groups excluding carboxylic acids is 1. The van der Waals surface area contributed by atoms with Crippen LogP contribution in [0.15, 0.2) is 36.5 Å². The van der Waals surface area contributed by atoms with Crippen LogP contribution in [0.25, 0.3) is 5.52 Å². The number of ether oxygens (including phenoxy) is 2. The lowest BCUT2D eigenvalue weighted by molar-refractivity contribution is -0.142. The molecule has 2 heterocycles. The van der Waals surface area contributed by atoms with Crippen molar-refractivity contribution < 1.29 is 18.7 Å². The fourth-order valence-corrected chi connectivity index (χ4v) is 2.73. The average molecular weight is 342 g/mol. The fourth-order valence-electron chi connectivity index (χ4n) is 2.73. The van der Waals surface area contributed by atoms with Crippen LogP contribution in [0.3, 0.4) is 0 Å². The number of hydrogen-bond acceptors (Lipinski definition) is 4. The molecule has 3 rings (SSSR count). The number of aryl methyl sites for hydroxylation is 2. The van der Waals surface area contributed by atoms with Crippen LogP contribution in [0.2, 0.25) is 0 Å². The zero-order valence-electron chi connectivity index (χ0n) is 14.4. The van der Waals surface area contributed by atoms with Crippen molar-refractivity contribution in [2.45, 2.75) is 20.3 Å². The Hall–Kier alpha value is -2.89. The van der Waals surface area contributed by atoms with Gasteiger partial charge < -0.3 is 13.9 Å². The minimum Gasteiger partial charge on any atom is -0.466 e. The molecule has 1 aromatic carbocycles. The Morgan fingerprint density at radius 1 is 1.24 bits per heavy atom. The highest BCUT2D eigenvalue weighted by Crippen LogP contribution is 2.25. The molecule has 0 fully saturated rings. The van der Waals surface area contributed by atoms with Crippen molar-refractivity contribution in [3.8, 4) is 5.88 Å². The molecule has 2 aromatic heterocycles. The van der Waals surface area contributed by atoms with Crippen molar-refractivity contribution in [3.63, 3.8) is 0 Å². The summed E-state index contributed by atoms with van der Waals surface area (Å²) in [5.74, 6) is -0.331. The molecule has 6 heteroatoms. The van der Waals surface area contributed by atoms with E-state index in [1.807, 2.05) is 30.5 Å². The van der Waals surface area contributed by atoms with Crippen molar-refractivity contribution >= 4 is 11.5 Å². The molecule has 0 radical (unpaired) electrons. The maximum absolute atomic E-state index is 13.1. The van der Waals surface area contributed by atoms with E-state index in [4.69, 9.17) is 4.74 Å². The number of benzene rings is 1. The minimum atomic E-state index is -0.462. The van der Waals surface area contributed by atoms with Crippen LogP contribution in [0, 0.1) is 19.7 Å². The van der Waals surface area contributed by atoms with Crippen LogP contribution >= 0.6 is 0 Å². The lowest BCUT2D eigenvalue weighted by Crippen LogP contribution is -2.15. The Labute approximate surface area is 145 Å². The summed E-state index contributed by atoms with van der Waals surface area (Å²) < 4.78 is 25.3. The van der Waals surface area contributed by atoms with Crippen molar-refractivity contribution in [2.24, 2.45) is 0 Å². The first-order valence-electron chi connectivity index (χ1n) is 7.90. The molecule has 0 saturated carbocycles. The third-order valence-corrected chi connectivity index (χ3v) is 3.99. The number of carbonyl (C=O) groups is 1. The third-order valence-electron chi connectivity index (χ3n) is 3.99. The van der Waals surface area contributed by atoms with Crippen LogP contribution in [0.1, 0.15) is 22.5 Å². The number of rotatable bonds is 5. The molecule has 0 amide bonds. The summed E-state index contributed by atoms with van der Waals surface area (Å²) in [6, 6.07) is 8.37. The molecular weight excluding hydrogens is 323 g/mol. The summed E-state index contributed by atoms with van der Waals surface area (Å²) in [4.78, 5) is 15.8. The Kier molecular flexibility index (Phi) is 4.70. The standard InChI is InChI=1S/C19H19FN2O3/c1-12-8-17-19(25-11-18(23)24-3)21-13(2)16(22(17)10-12)9-14-4-6-15(20)7-5-14/h4-8,10H,9,11H2,1-3H3. The largest absolute Gasteiger partial charge is 0.466 e. The minimum absolute atomic E-state index is 0.194. The van der Waals surface area contributed by atoms with Crippen LogP contribution in [0.5, 0.6) is 5.88 Å². The topological polar surface area (TPSA) is 52.8 Å². The van der Waals surface area contributed by atoms with E-state index < -0.39 is 5.97 Å². The second kappa shape index (κ2) is 6.93. The Balaban J connectivity index is 2.00. The number of hydrogen-bond donors (Lipinski definition) is 0. The normalized spacial score (nSPS) is 10.9. The first-order chi connectivity index (χ1) is 12.0. The monoisotopic (exact) mass is 342 g/mol. The molecule has 3 aromatic rings. The number of methoxy groups -OCH3 is 1. The van der Waals surface area contributed by atoms with E-state index in [0.717, 1.165) is 28.0 Å². The van der Waals surface area contributed by atoms with E-state index in [-0.39, 0.29) is 12.4 Å². The zero-order valence-corrected chi connectivity index (χ0v) is 14.4. The predicted molar refractivity (Wildman–Crippen MR) is 91.4 cm³/mol. The first-order valence-corrected chi connectivity index (χ1v) is 7.90. The number of fused-ring (bicyclic) bond motifs is 1. The van der Waals surface area contributed by atoms with Gasteiger partial charge in [-0.15, -0.1) is 0 Å². The van der Waals surface area contributed by atoms with Gasteiger partial charge in [0.2, 0.25) is 5.88 Å². The van der Waals surface area contributed by atoms with E-state index in [1.54, 1.807) is 12.1 Å². The Bertz CT molecular complexity index is 917. The number of aromatic nitrogens is 2. The van der Waals surface area contributed by atoms with Gasteiger partial charge in [-0.05, 0) is 43.2 Å². The summed E-state index contributed by atoms with van der Waals surface area (Å²) in [6.45, 7) is 3.67. The number of esters is 1. The molecule has 5 nitrogen and oxygen atoms in total. The molecule has 0 unspecified atom stereocenters. The van der Waals surface area contributed by atoms with Gasteiger partial charge in [0.05, 0.1) is 12.8 Å². The van der Waals surface area contributed by atoms with Gasteiger partial charge in [0.1, 0.15) is 11.3 Å². The molecule has 0 aliphatic carbocycles. The zero-order chi connectivity index (χ0) is 18.0. The van der Waals surface area contributed by atoms with Crippen LogP contribution in [-0.2, 0) is 16.0 Å². The van der Waals surface area contributed by atoms with Crippen molar-refractivity contribution in [1.29, 1.82) is 0 Å². The van der Waals surface area contributed by atoms with Crippen molar-refractivity contribution in [2.75, 3.05) is 13.7 Å². The summed E-state index contributed by atoms with van der Waals surface area (Å²) in [7, 11) is 1.31. The highest BCUT2D eigenvalue weighted by Gasteiger charge is 2.15. The number of nitrogens with zero attached hydrogens (tertiary/aromatic N) is 2. The van der Waals surface area contributed by atoms with Crippen LogP contribution in [0.4, 0.5) is 4.39 Å². The lowest BCUT2D eigenvalue weighted by atomic mass is 10.1. The summed E-state index contributed by atoms with van der Waals surface area (Å²) in [6.07, 6.45) is 2.61. The second-order valence-electron chi connectivity index (χ2n) is 5.89. The first kappa shape index (κ1) is 17.0. The van der Waals surface area contributed by atoms with Gasteiger partial charge in [-0.1, -0.05) is 12.1 Å². The van der Waals surface area contributed by atoms with Crippen molar-refractivity contribution in [1.82, 2.24) is 9.38 Å². The number of halogens is 1. The average Bonchev–Trinajstić information content (AvgIpc) is 2.99. The van der Waals surface area contributed by atoms with Gasteiger partial charge in [0, 0.05) is 18.3 Å². The second-order valence-corrected chi connectivity index (χ2v) is 5.89. The lowest BCUT2D eigenvalue weighted by Gasteiger charge is -2.13. The molecular formula is C19H19FN2O3. The van der Waals surface area contributed by atoms with E-state index in [9.17, 15) is 9.18 Å². The summed E-state index contributed by atoms with van der Waals surface area (Å²) in [5, 5.41) is 0. The van der Waals surface area contributed by atoms with Gasteiger partial charge in [0.15, 0.2) is 6.61 Å². The van der Waals surface area contributed by atoms with E-state index in [2.05, 4.69) is 9.72 Å². The molecule has 0 aliphatic heterocycles. The van der Waals surface area contributed by atoms with E-state index in [1.165, 1.54) is 19.2 Å². The summed E-state index contributed by atoms with van der Waals surface area (Å²) >= 11 is 0. The van der Waals surface area contributed by atoms with Gasteiger partial charge in [-0.2, -0.15) is 0 Å². The quantitative estimate of drug-likeness (QED) is 0.668. The van der Waals surface area contributed by atoms with E-state index >= 15 is 0 Å². The molecule has 0 aliphatic rings. The molecule has 0 bridgehead atoms. The smallest absolute Gasteiger partial charge is 0.343 e. The maximum atomic E-state index is 13.1. The molecule has 0 saturated heterocycles. The highest BCUT2D eigenvalue weighted by atomic mass is 19.1. The molecule has 130 valence electrons. The Morgan fingerprint density at radius 3 is 2.64 bits per heavy atom. The van der Waals surface area contributed by atoms with Gasteiger partial charge in [-0.25, -0.2) is 14.2 Å². The molecule has 0 atom stereocenters. The van der Waals surface area contributed by atoms with Crippen molar-refractivity contribution in [3.05, 3.63) is 64.9 Å². The highest BCUT2D eigenvalue weighted by molar-refractivity contribution is 5.71. The molecule has 25 heavy (non-hydrogen) atoms. The van der Waals surface area contributed by atoms with Crippen LogP contribution < -0.4 is 4.74 Å². The predicted octanol–water partition coefficient (Wildman–Crippen LogP) is 3.23. The fraction of sp³-hybridized carbons (Fsp3) is 0.263.